The molecule has 1 amide bonds. The van der Waals surface area contributed by atoms with Gasteiger partial charge in [-0.2, -0.15) is 0 Å². The van der Waals surface area contributed by atoms with Crippen LogP contribution in [0.4, 0.5) is 0 Å². The highest BCUT2D eigenvalue weighted by atomic mass is 32.1. The molecule has 4 rings (SSSR count). The average molecular weight is 344 g/mol. The van der Waals surface area contributed by atoms with Crippen molar-refractivity contribution in [2.45, 2.75) is 27.3 Å². The quantitative estimate of drug-likeness (QED) is 0.848. The summed E-state index contributed by atoms with van der Waals surface area (Å²) in [5.74, 6) is 1.55. The number of rotatable bonds is 5. The van der Waals surface area contributed by atoms with Crippen molar-refractivity contribution in [1.82, 2.24) is 19.6 Å². The zero-order valence-electron chi connectivity index (χ0n) is 14.5. The second-order valence-corrected chi connectivity index (χ2v) is 8.38. The summed E-state index contributed by atoms with van der Waals surface area (Å²) in [6, 6.07) is 0. The molecule has 6 heteroatoms. The number of carbonyl (C=O) groups is 1. The Balaban J connectivity index is 1.27. The number of hydrogen-bond acceptors (Lipinski definition) is 4. The Kier molecular flexibility index (Phi) is 3.96. The lowest BCUT2D eigenvalue weighted by Crippen LogP contribution is -2.32. The van der Waals surface area contributed by atoms with E-state index >= 15 is 0 Å². The first-order chi connectivity index (χ1) is 11.5. The summed E-state index contributed by atoms with van der Waals surface area (Å²) >= 11 is 1.68. The number of thiazole rings is 1. The van der Waals surface area contributed by atoms with Gasteiger partial charge >= 0.3 is 0 Å². The van der Waals surface area contributed by atoms with Gasteiger partial charge in [0, 0.05) is 42.8 Å². The van der Waals surface area contributed by atoms with Crippen molar-refractivity contribution in [2.75, 3.05) is 19.6 Å². The lowest BCUT2D eigenvalue weighted by Gasteiger charge is -2.19. The van der Waals surface area contributed by atoms with E-state index in [1.165, 1.54) is 10.5 Å². The molecule has 0 aromatic carbocycles. The molecule has 1 aliphatic carbocycles. The van der Waals surface area contributed by atoms with Crippen LogP contribution in [0.15, 0.2) is 24.0 Å². The molecular formula is C18H24N4OS. The van der Waals surface area contributed by atoms with Gasteiger partial charge in [0.2, 0.25) is 5.91 Å². The predicted molar refractivity (Wildman–Crippen MR) is 96.0 cm³/mol. The fourth-order valence-corrected chi connectivity index (χ4v) is 4.74. The van der Waals surface area contributed by atoms with Crippen LogP contribution in [-0.2, 0) is 11.3 Å². The fraction of sp³-hybridized carbons (Fsp3) is 0.556. The summed E-state index contributed by atoms with van der Waals surface area (Å²) in [4.78, 5) is 21.7. The van der Waals surface area contributed by atoms with Gasteiger partial charge in [-0.15, -0.1) is 11.3 Å². The van der Waals surface area contributed by atoms with E-state index in [1.807, 2.05) is 10.6 Å². The third-order valence-corrected chi connectivity index (χ3v) is 6.22. The molecule has 0 spiro atoms. The van der Waals surface area contributed by atoms with E-state index in [0.29, 0.717) is 18.4 Å². The molecule has 1 saturated carbocycles. The molecule has 3 atom stereocenters. The number of aromatic nitrogens is 2. The van der Waals surface area contributed by atoms with E-state index in [9.17, 15) is 4.79 Å². The molecule has 2 fully saturated rings. The van der Waals surface area contributed by atoms with E-state index in [4.69, 9.17) is 0 Å². The number of aryl methyl sites for hydroxylation is 1. The summed E-state index contributed by atoms with van der Waals surface area (Å²) in [6.07, 6.45) is 6.25. The van der Waals surface area contributed by atoms with Crippen LogP contribution in [0.1, 0.15) is 24.4 Å². The van der Waals surface area contributed by atoms with Crippen molar-refractivity contribution in [3.63, 3.8) is 0 Å². The second-order valence-electron chi connectivity index (χ2n) is 7.16. The normalized spacial score (nSPS) is 26.8. The summed E-state index contributed by atoms with van der Waals surface area (Å²) in [5.41, 5.74) is 2.35. The van der Waals surface area contributed by atoms with E-state index in [0.717, 1.165) is 30.3 Å². The average Bonchev–Trinajstić information content (AvgIpc) is 2.85. The van der Waals surface area contributed by atoms with Gasteiger partial charge in [-0.1, -0.05) is 11.6 Å². The van der Waals surface area contributed by atoms with Crippen LogP contribution in [0.3, 0.4) is 0 Å². The minimum atomic E-state index is 0.208. The van der Waals surface area contributed by atoms with Crippen LogP contribution in [0.25, 0.3) is 4.96 Å². The summed E-state index contributed by atoms with van der Waals surface area (Å²) in [6.45, 7) is 10.0. The molecular weight excluding hydrogens is 320 g/mol. The van der Waals surface area contributed by atoms with Crippen LogP contribution in [0.2, 0.25) is 0 Å². The zero-order valence-corrected chi connectivity index (χ0v) is 15.3. The van der Waals surface area contributed by atoms with Gasteiger partial charge in [-0.25, -0.2) is 4.98 Å². The Hall–Kier alpha value is -1.66. The van der Waals surface area contributed by atoms with Gasteiger partial charge in [0.05, 0.1) is 12.2 Å². The van der Waals surface area contributed by atoms with E-state index in [1.54, 1.807) is 11.3 Å². The van der Waals surface area contributed by atoms with Crippen LogP contribution in [0.5, 0.6) is 0 Å². The first-order valence-electron chi connectivity index (χ1n) is 8.61. The van der Waals surface area contributed by atoms with Gasteiger partial charge < -0.3 is 5.32 Å². The number of piperidine rings is 1. The number of nitrogens with zero attached hydrogens (tertiary/aromatic N) is 3. The highest BCUT2D eigenvalue weighted by molar-refractivity contribution is 7.16. The SMILES string of the molecule is C/C=C(\C)CN1C[C@@H]2C(C(=O)NCc3cn4cc(C)sc4n3)[C@@H]2C1. The van der Waals surface area contributed by atoms with Crippen LogP contribution < -0.4 is 5.32 Å². The maximum absolute atomic E-state index is 12.4. The number of likely N-dealkylation sites (tertiary alicyclic amines) is 1. The highest BCUT2D eigenvalue weighted by Gasteiger charge is 2.58. The summed E-state index contributed by atoms with van der Waals surface area (Å²) in [5, 5.41) is 3.08. The Morgan fingerprint density at radius 3 is 2.83 bits per heavy atom. The van der Waals surface area contributed by atoms with Gasteiger partial charge in [-0.3, -0.25) is 14.1 Å². The largest absolute Gasteiger partial charge is 0.350 e. The monoisotopic (exact) mass is 344 g/mol. The van der Waals surface area contributed by atoms with Gasteiger partial charge in [0.15, 0.2) is 4.96 Å². The van der Waals surface area contributed by atoms with Gasteiger partial charge in [-0.05, 0) is 32.6 Å². The molecule has 1 unspecified atom stereocenters. The Morgan fingerprint density at radius 1 is 1.42 bits per heavy atom. The van der Waals surface area contributed by atoms with E-state index < -0.39 is 0 Å². The van der Waals surface area contributed by atoms with Gasteiger partial charge in [0.25, 0.3) is 0 Å². The minimum absolute atomic E-state index is 0.208. The van der Waals surface area contributed by atoms with Crippen molar-refractivity contribution < 1.29 is 4.79 Å². The molecule has 24 heavy (non-hydrogen) atoms. The number of amides is 1. The molecule has 2 aromatic heterocycles. The van der Waals surface area contributed by atoms with Crippen LogP contribution in [-0.4, -0.2) is 39.8 Å². The number of carbonyl (C=O) groups excluding carboxylic acids is 1. The zero-order chi connectivity index (χ0) is 16.8. The Labute approximate surface area is 146 Å². The van der Waals surface area contributed by atoms with Crippen molar-refractivity contribution >= 4 is 22.2 Å². The number of hydrogen-bond donors (Lipinski definition) is 1. The number of fused-ring (bicyclic) bond motifs is 2. The summed E-state index contributed by atoms with van der Waals surface area (Å²) < 4.78 is 2.04. The van der Waals surface area contributed by atoms with Crippen LogP contribution in [0, 0.1) is 24.7 Å². The number of nitrogens with one attached hydrogen (secondary N) is 1. The van der Waals surface area contributed by atoms with E-state index in [-0.39, 0.29) is 11.8 Å². The molecule has 128 valence electrons. The maximum Gasteiger partial charge on any atom is 0.224 e. The molecule has 2 aliphatic rings. The van der Waals surface area contributed by atoms with Crippen LogP contribution >= 0.6 is 11.3 Å². The predicted octanol–water partition coefficient (Wildman–Crippen LogP) is 2.46. The Morgan fingerprint density at radius 2 is 2.17 bits per heavy atom. The molecule has 1 aliphatic heterocycles. The standard InChI is InChI=1S/C18H24N4OS/c1-4-11(2)6-21-9-14-15(10-21)16(14)17(23)19-5-13-8-22-7-12(3)24-18(22)20-13/h4,7-8,14-16H,5-6,9-10H2,1-3H3,(H,19,23)/b11-4+/t14-,15+,16?. The lowest BCUT2D eigenvalue weighted by atomic mass is 10.2. The molecule has 1 saturated heterocycles. The third-order valence-electron chi connectivity index (χ3n) is 5.30. The highest BCUT2D eigenvalue weighted by Crippen LogP contribution is 2.51. The van der Waals surface area contributed by atoms with E-state index in [2.05, 4.69) is 48.2 Å². The van der Waals surface area contributed by atoms with Crippen molar-refractivity contribution in [2.24, 2.45) is 17.8 Å². The topological polar surface area (TPSA) is 49.6 Å². The molecule has 3 heterocycles. The molecule has 1 N–H and O–H groups in total. The molecule has 0 radical (unpaired) electrons. The molecule has 5 nitrogen and oxygen atoms in total. The van der Waals surface area contributed by atoms with Crippen molar-refractivity contribution in [1.29, 1.82) is 0 Å². The van der Waals surface area contributed by atoms with Crippen molar-refractivity contribution in [3.8, 4) is 0 Å². The number of allylic oxidation sites excluding steroid dienone is 1. The summed E-state index contributed by atoms with van der Waals surface area (Å²) in [7, 11) is 0. The molecule has 0 bridgehead atoms. The fourth-order valence-electron chi connectivity index (χ4n) is 3.92. The molecule has 2 aromatic rings. The third kappa shape index (κ3) is 2.89. The first-order valence-corrected chi connectivity index (χ1v) is 9.42. The maximum atomic E-state index is 12.4. The first kappa shape index (κ1) is 15.8. The minimum Gasteiger partial charge on any atom is -0.350 e. The number of imidazole rings is 1. The smallest absolute Gasteiger partial charge is 0.224 e. The van der Waals surface area contributed by atoms with Crippen molar-refractivity contribution in [3.05, 3.63) is 34.6 Å². The second kappa shape index (κ2) is 6.01. The lowest BCUT2D eigenvalue weighted by molar-refractivity contribution is -0.123. The Bertz CT molecular complexity index is 762. The van der Waals surface area contributed by atoms with Gasteiger partial charge in [0.1, 0.15) is 0 Å².